The highest BCUT2D eigenvalue weighted by molar-refractivity contribution is 7.15. The van der Waals surface area contributed by atoms with E-state index in [0.29, 0.717) is 13.0 Å². The Morgan fingerprint density at radius 3 is 2.79 bits per heavy atom. The molecule has 3 aromatic heterocycles. The summed E-state index contributed by atoms with van der Waals surface area (Å²) in [6.45, 7) is 0.586. The molecule has 0 unspecified atom stereocenters. The van der Waals surface area contributed by atoms with Crippen molar-refractivity contribution in [3.63, 3.8) is 0 Å². The number of hydrogen-bond donors (Lipinski definition) is 1. The van der Waals surface area contributed by atoms with Gasteiger partial charge in [0.05, 0.1) is 18.7 Å². The number of carbonyl (C=O) groups excluding carboxylic acids is 1. The first kappa shape index (κ1) is 15.1. The number of hydrogen-bond acceptors (Lipinski definition) is 4. The van der Waals surface area contributed by atoms with Crippen molar-refractivity contribution >= 4 is 33.5 Å². The maximum absolute atomic E-state index is 12.2. The van der Waals surface area contributed by atoms with Gasteiger partial charge in [0.1, 0.15) is 0 Å². The Morgan fingerprint density at radius 2 is 2.00 bits per heavy atom. The number of thiophene rings is 1. The molecular weight excluding hydrogens is 338 g/mol. The van der Waals surface area contributed by atoms with Crippen molar-refractivity contribution in [3.8, 4) is 11.3 Å². The lowest BCUT2D eigenvalue weighted by atomic mass is 10.2. The lowest BCUT2D eigenvalue weighted by Crippen LogP contribution is -2.24. The van der Waals surface area contributed by atoms with Crippen LogP contribution >= 0.6 is 22.7 Å². The quantitative estimate of drug-likeness (QED) is 0.590. The highest BCUT2D eigenvalue weighted by atomic mass is 32.1. The summed E-state index contributed by atoms with van der Waals surface area (Å²) in [5.41, 5.74) is 2.98. The molecule has 0 radical (unpaired) electrons. The monoisotopic (exact) mass is 353 g/mol. The number of rotatable bonds is 5. The molecule has 1 amide bonds. The van der Waals surface area contributed by atoms with Gasteiger partial charge < -0.3 is 5.32 Å². The van der Waals surface area contributed by atoms with Gasteiger partial charge in [0.15, 0.2) is 4.96 Å². The second kappa shape index (κ2) is 6.59. The number of carbonyl (C=O) groups is 1. The van der Waals surface area contributed by atoms with Gasteiger partial charge in [-0.3, -0.25) is 9.20 Å². The van der Waals surface area contributed by atoms with Crippen molar-refractivity contribution in [2.75, 3.05) is 0 Å². The molecule has 0 spiro atoms. The number of imidazole rings is 1. The maximum Gasteiger partial charge on any atom is 0.226 e. The van der Waals surface area contributed by atoms with Crippen molar-refractivity contribution in [1.29, 1.82) is 0 Å². The van der Waals surface area contributed by atoms with Crippen molar-refractivity contribution in [1.82, 2.24) is 14.7 Å². The summed E-state index contributed by atoms with van der Waals surface area (Å²) >= 11 is 3.21. The smallest absolute Gasteiger partial charge is 0.226 e. The Morgan fingerprint density at radius 1 is 1.12 bits per heavy atom. The number of thiazole rings is 1. The summed E-state index contributed by atoms with van der Waals surface area (Å²) < 4.78 is 2.01. The SMILES string of the molecule is O=C(Cc1csc2nc(-c3ccccc3)cn12)NCc1cccs1. The second-order valence-corrected chi connectivity index (χ2v) is 7.27. The zero-order valence-electron chi connectivity index (χ0n) is 12.8. The highest BCUT2D eigenvalue weighted by Gasteiger charge is 2.12. The van der Waals surface area contributed by atoms with Crippen molar-refractivity contribution in [2.24, 2.45) is 0 Å². The van der Waals surface area contributed by atoms with E-state index in [-0.39, 0.29) is 5.91 Å². The van der Waals surface area contributed by atoms with Gasteiger partial charge in [-0.2, -0.15) is 0 Å². The molecule has 0 saturated carbocycles. The molecule has 4 nitrogen and oxygen atoms in total. The van der Waals surface area contributed by atoms with Crippen LogP contribution in [0.2, 0.25) is 0 Å². The molecule has 120 valence electrons. The zero-order valence-corrected chi connectivity index (χ0v) is 14.4. The minimum absolute atomic E-state index is 0.0260. The third kappa shape index (κ3) is 3.11. The Hall–Kier alpha value is -2.44. The average molecular weight is 353 g/mol. The minimum atomic E-state index is 0.0260. The fourth-order valence-corrected chi connectivity index (χ4v) is 4.05. The highest BCUT2D eigenvalue weighted by Crippen LogP contribution is 2.23. The first-order valence-corrected chi connectivity index (χ1v) is 9.35. The minimum Gasteiger partial charge on any atom is -0.351 e. The predicted octanol–water partition coefficient (Wildman–Crippen LogP) is 3.98. The van der Waals surface area contributed by atoms with Gasteiger partial charge in [0.2, 0.25) is 5.91 Å². The summed E-state index contributed by atoms with van der Waals surface area (Å²) in [6.07, 6.45) is 2.36. The van der Waals surface area contributed by atoms with E-state index < -0.39 is 0 Å². The summed E-state index contributed by atoms with van der Waals surface area (Å²) in [5, 5.41) is 6.99. The molecule has 1 aromatic carbocycles. The third-order valence-corrected chi connectivity index (χ3v) is 5.50. The van der Waals surface area contributed by atoms with E-state index in [0.717, 1.165) is 26.8 Å². The number of fused-ring (bicyclic) bond motifs is 1. The average Bonchev–Trinajstić information content (AvgIpc) is 3.32. The molecule has 4 rings (SSSR count). The van der Waals surface area contributed by atoms with Crippen LogP contribution in [0.4, 0.5) is 0 Å². The number of nitrogens with one attached hydrogen (secondary N) is 1. The van der Waals surface area contributed by atoms with Crippen LogP contribution in [-0.4, -0.2) is 15.3 Å². The molecule has 0 aliphatic heterocycles. The van der Waals surface area contributed by atoms with Crippen LogP contribution in [0.5, 0.6) is 0 Å². The largest absolute Gasteiger partial charge is 0.351 e. The van der Waals surface area contributed by atoms with Gasteiger partial charge in [-0.1, -0.05) is 36.4 Å². The fourth-order valence-electron chi connectivity index (χ4n) is 2.53. The van der Waals surface area contributed by atoms with Crippen LogP contribution in [0.15, 0.2) is 59.4 Å². The lowest BCUT2D eigenvalue weighted by Gasteiger charge is -2.03. The number of nitrogens with zero attached hydrogens (tertiary/aromatic N) is 2. The van der Waals surface area contributed by atoms with E-state index in [1.165, 1.54) is 0 Å². The summed E-state index contributed by atoms with van der Waals surface area (Å²) in [4.78, 5) is 18.9. The molecule has 0 aliphatic carbocycles. The lowest BCUT2D eigenvalue weighted by molar-refractivity contribution is -0.120. The number of amides is 1. The van der Waals surface area contributed by atoms with Gasteiger partial charge in [0, 0.05) is 27.7 Å². The van der Waals surface area contributed by atoms with E-state index in [4.69, 9.17) is 0 Å². The van der Waals surface area contributed by atoms with Gasteiger partial charge in [-0.15, -0.1) is 22.7 Å². The van der Waals surface area contributed by atoms with Crippen LogP contribution in [-0.2, 0) is 17.8 Å². The van der Waals surface area contributed by atoms with Gasteiger partial charge in [0.25, 0.3) is 0 Å². The van der Waals surface area contributed by atoms with E-state index in [1.807, 2.05) is 63.8 Å². The molecule has 0 atom stereocenters. The number of benzene rings is 1. The van der Waals surface area contributed by atoms with Crippen molar-refractivity contribution in [2.45, 2.75) is 13.0 Å². The Kier molecular flexibility index (Phi) is 4.15. The molecular formula is C18H15N3OS2. The maximum atomic E-state index is 12.2. The molecule has 3 heterocycles. The van der Waals surface area contributed by atoms with E-state index in [2.05, 4.69) is 10.3 Å². The molecule has 0 fully saturated rings. The van der Waals surface area contributed by atoms with Gasteiger partial charge >= 0.3 is 0 Å². The van der Waals surface area contributed by atoms with Crippen LogP contribution < -0.4 is 5.32 Å². The molecule has 0 bridgehead atoms. The van der Waals surface area contributed by atoms with E-state index >= 15 is 0 Å². The fraction of sp³-hybridized carbons (Fsp3) is 0.111. The zero-order chi connectivity index (χ0) is 16.4. The van der Waals surface area contributed by atoms with Crippen LogP contribution in [0.3, 0.4) is 0 Å². The Labute approximate surface area is 147 Å². The molecule has 4 aromatic rings. The number of aromatic nitrogens is 2. The Bertz CT molecular complexity index is 955. The van der Waals surface area contributed by atoms with Crippen molar-refractivity contribution < 1.29 is 4.79 Å². The first-order chi connectivity index (χ1) is 11.8. The third-order valence-electron chi connectivity index (χ3n) is 3.73. The first-order valence-electron chi connectivity index (χ1n) is 7.59. The van der Waals surface area contributed by atoms with Gasteiger partial charge in [-0.05, 0) is 11.4 Å². The topological polar surface area (TPSA) is 46.4 Å². The molecule has 6 heteroatoms. The molecule has 1 N–H and O–H groups in total. The molecule has 0 aliphatic rings. The summed E-state index contributed by atoms with van der Waals surface area (Å²) in [7, 11) is 0. The second-order valence-electron chi connectivity index (χ2n) is 5.40. The van der Waals surface area contributed by atoms with Crippen LogP contribution in [0.1, 0.15) is 10.6 Å². The van der Waals surface area contributed by atoms with E-state index in [1.54, 1.807) is 22.7 Å². The Balaban J connectivity index is 1.50. The normalized spacial score (nSPS) is 11.0. The van der Waals surface area contributed by atoms with E-state index in [9.17, 15) is 4.79 Å². The summed E-state index contributed by atoms with van der Waals surface area (Å²) in [5.74, 6) is 0.0260. The standard InChI is InChI=1S/C18H15N3OS2/c22-17(19-10-15-7-4-8-23-15)9-14-12-24-18-20-16(11-21(14)18)13-5-2-1-3-6-13/h1-8,11-12H,9-10H2,(H,19,22). The predicted molar refractivity (Wildman–Crippen MR) is 98.4 cm³/mol. The van der Waals surface area contributed by atoms with Gasteiger partial charge in [-0.25, -0.2) is 4.98 Å². The van der Waals surface area contributed by atoms with Crippen molar-refractivity contribution in [3.05, 3.63) is 70.0 Å². The van der Waals surface area contributed by atoms with Crippen LogP contribution in [0.25, 0.3) is 16.2 Å². The molecule has 0 saturated heterocycles. The summed E-state index contributed by atoms with van der Waals surface area (Å²) in [6, 6.07) is 14.1. The molecule has 24 heavy (non-hydrogen) atoms. The van der Waals surface area contributed by atoms with Crippen LogP contribution in [0, 0.1) is 0 Å².